The molecular formula is C23H16ClF5IN3O4S. The summed E-state index contributed by atoms with van der Waals surface area (Å²) < 4.78 is 74.0. The number of benzene rings is 2. The van der Waals surface area contributed by atoms with E-state index in [1.807, 2.05) is 6.07 Å². The van der Waals surface area contributed by atoms with E-state index in [9.17, 15) is 37.5 Å². The van der Waals surface area contributed by atoms with E-state index in [1.165, 1.54) is 27.9 Å². The van der Waals surface area contributed by atoms with Crippen LogP contribution in [-0.2, 0) is 16.1 Å². The standard InChI is InChI=1S/C23H16ClF5IN3O4S/c1-22(2,3)37-21(36)33-19-9(6-31)12-8(4-5-11(25)18(12)38-19)13-14(24)10(7-34)16(30)17(15(13)26)32-20(35)23(27,28)29/h4-5,34H,7H2,1-3H3,(H,32,35)(H,33,36). The van der Waals surface area contributed by atoms with Crippen molar-refractivity contribution in [1.29, 1.82) is 5.26 Å². The molecule has 0 radical (unpaired) electrons. The number of nitriles is 1. The molecule has 2 amide bonds. The van der Waals surface area contributed by atoms with Crippen molar-refractivity contribution in [3.8, 4) is 17.2 Å². The van der Waals surface area contributed by atoms with Crippen LogP contribution in [0.2, 0.25) is 5.02 Å². The fraction of sp³-hybridized carbons (Fsp3) is 0.261. The molecule has 0 saturated heterocycles. The van der Waals surface area contributed by atoms with Gasteiger partial charge in [0.2, 0.25) is 0 Å². The Labute approximate surface area is 234 Å². The number of nitrogens with one attached hydrogen (secondary N) is 2. The van der Waals surface area contributed by atoms with E-state index in [4.69, 9.17) is 16.3 Å². The van der Waals surface area contributed by atoms with Crippen LogP contribution >= 0.6 is 45.5 Å². The highest BCUT2D eigenvalue weighted by molar-refractivity contribution is 14.1. The number of aliphatic hydroxyl groups is 1. The van der Waals surface area contributed by atoms with E-state index in [0.717, 1.165) is 12.1 Å². The van der Waals surface area contributed by atoms with E-state index in [1.54, 1.807) is 20.8 Å². The molecule has 0 spiro atoms. The smallest absolute Gasteiger partial charge is 0.444 e. The predicted molar refractivity (Wildman–Crippen MR) is 140 cm³/mol. The fourth-order valence-electron chi connectivity index (χ4n) is 3.36. The molecule has 3 rings (SSSR count). The number of anilines is 2. The van der Waals surface area contributed by atoms with Crippen LogP contribution in [0, 0.1) is 26.5 Å². The Morgan fingerprint density at radius 1 is 1.21 bits per heavy atom. The van der Waals surface area contributed by atoms with Gasteiger partial charge in [-0.3, -0.25) is 10.1 Å². The second-order valence-corrected chi connectivity index (χ2v) is 11.1. The maximum atomic E-state index is 15.8. The molecule has 1 aromatic heterocycles. The third-order valence-corrected chi connectivity index (χ3v) is 7.57. The van der Waals surface area contributed by atoms with Gasteiger partial charge in [0.1, 0.15) is 22.5 Å². The molecule has 3 N–H and O–H groups in total. The lowest BCUT2D eigenvalue weighted by molar-refractivity contribution is -0.167. The van der Waals surface area contributed by atoms with Crippen LogP contribution < -0.4 is 10.6 Å². The van der Waals surface area contributed by atoms with Crippen molar-refractivity contribution in [2.24, 2.45) is 0 Å². The Balaban J connectivity index is 2.34. The van der Waals surface area contributed by atoms with E-state index >= 15 is 4.39 Å². The highest BCUT2D eigenvalue weighted by atomic mass is 127. The summed E-state index contributed by atoms with van der Waals surface area (Å²) in [5.41, 5.74) is -3.18. The second-order valence-electron chi connectivity index (χ2n) is 8.62. The number of thiophene rings is 1. The molecule has 0 fully saturated rings. The van der Waals surface area contributed by atoms with Gasteiger partial charge in [-0.2, -0.15) is 18.4 Å². The van der Waals surface area contributed by atoms with E-state index in [2.05, 4.69) is 5.32 Å². The molecule has 1 heterocycles. The lowest BCUT2D eigenvalue weighted by Gasteiger charge is -2.19. The number of hydrogen-bond donors (Lipinski definition) is 3. The Morgan fingerprint density at radius 2 is 1.84 bits per heavy atom. The number of ether oxygens (including phenoxy) is 1. The number of alkyl halides is 3. The molecule has 0 atom stereocenters. The number of hydrogen-bond acceptors (Lipinski definition) is 6. The fourth-order valence-corrected chi connectivity index (χ4v) is 5.73. The number of carbonyl (C=O) groups is 2. The van der Waals surface area contributed by atoms with Gasteiger partial charge in [0, 0.05) is 20.1 Å². The Morgan fingerprint density at radius 3 is 2.37 bits per heavy atom. The summed E-state index contributed by atoms with van der Waals surface area (Å²) in [4.78, 5) is 23.9. The molecule has 0 bridgehead atoms. The first-order chi connectivity index (χ1) is 17.5. The molecule has 2 aromatic carbocycles. The van der Waals surface area contributed by atoms with Crippen molar-refractivity contribution in [2.75, 3.05) is 10.6 Å². The van der Waals surface area contributed by atoms with Crippen molar-refractivity contribution < 1.29 is 41.4 Å². The number of fused-ring (bicyclic) bond motifs is 1. The first-order valence-electron chi connectivity index (χ1n) is 10.4. The van der Waals surface area contributed by atoms with Gasteiger partial charge in [-0.05, 0) is 55.0 Å². The van der Waals surface area contributed by atoms with Crippen LogP contribution in [0.1, 0.15) is 31.9 Å². The summed E-state index contributed by atoms with van der Waals surface area (Å²) in [6, 6.07) is 3.76. The monoisotopic (exact) mass is 687 g/mol. The largest absolute Gasteiger partial charge is 0.471 e. The van der Waals surface area contributed by atoms with E-state index in [-0.39, 0.29) is 35.3 Å². The molecule has 3 aromatic rings. The third kappa shape index (κ3) is 5.80. The Hall–Kier alpha value is -2.74. The van der Waals surface area contributed by atoms with Crippen molar-refractivity contribution >= 4 is 78.3 Å². The molecule has 15 heteroatoms. The number of amides is 2. The summed E-state index contributed by atoms with van der Waals surface area (Å²) in [6.45, 7) is 3.92. The topological polar surface area (TPSA) is 111 Å². The summed E-state index contributed by atoms with van der Waals surface area (Å²) in [5.74, 6) is -4.75. The van der Waals surface area contributed by atoms with Gasteiger partial charge >= 0.3 is 18.2 Å². The third-order valence-electron chi connectivity index (χ3n) is 4.85. The molecule has 0 unspecified atom stereocenters. The zero-order valence-corrected chi connectivity index (χ0v) is 23.3. The minimum atomic E-state index is -5.36. The molecule has 0 saturated carbocycles. The van der Waals surface area contributed by atoms with E-state index in [0.29, 0.717) is 11.3 Å². The predicted octanol–water partition coefficient (Wildman–Crippen LogP) is 7.32. The number of halogens is 7. The van der Waals surface area contributed by atoms with Crippen molar-refractivity contribution in [3.63, 3.8) is 0 Å². The molecule has 202 valence electrons. The molecule has 38 heavy (non-hydrogen) atoms. The van der Waals surface area contributed by atoms with Crippen molar-refractivity contribution in [3.05, 3.63) is 43.5 Å². The summed E-state index contributed by atoms with van der Waals surface area (Å²) >= 11 is 8.40. The van der Waals surface area contributed by atoms with Gasteiger partial charge in [-0.1, -0.05) is 17.7 Å². The SMILES string of the molecule is CC(C)(C)OC(=O)Nc1sc2c(F)ccc(-c3c(F)c(NC(=O)C(F)(F)F)c(I)c(CO)c3Cl)c2c1C#N. The normalized spacial score (nSPS) is 11.8. The quantitative estimate of drug-likeness (QED) is 0.197. The summed E-state index contributed by atoms with van der Waals surface area (Å²) in [6.07, 6.45) is -6.32. The van der Waals surface area contributed by atoms with Crippen LogP contribution in [-0.4, -0.2) is 28.9 Å². The molecule has 0 aliphatic carbocycles. The summed E-state index contributed by atoms with van der Waals surface area (Å²) in [5, 5.41) is 22.7. The van der Waals surface area contributed by atoms with Crippen LogP contribution in [0.25, 0.3) is 21.2 Å². The van der Waals surface area contributed by atoms with Crippen LogP contribution in [0.15, 0.2) is 12.1 Å². The average molecular weight is 688 g/mol. The zero-order valence-electron chi connectivity index (χ0n) is 19.5. The van der Waals surface area contributed by atoms with Crippen LogP contribution in [0.3, 0.4) is 0 Å². The zero-order chi connectivity index (χ0) is 28.7. The number of nitrogens with zero attached hydrogens (tertiary/aromatic N) is 1. The molecule has 0 aliphatic heterocycles. The first-order valence-corrected chi connectivity index (χ1v) is 12.6. The van der Waals surface area contributed by atoms with Gasteiger partial charge in [0.15, 0.2) is 5.82 Å². The number of rotatable bonds is 4. The second kappa shape index (κ2) is 10.8. The molecule has 7 nitrogen and oxygen atoms in total. The first kappa shape index (κ1) is 29.8. The number of carbonyl (C=O) groups excluding carboxylic acids is 2. The van der Waals surface area contributed by atoms with Crippen molar-refractivity contribution in [2.45, 2.75) is 39.2 Å². The highest BCUT2D eigenvalue weighted by Crippen LogP contribution is 2.47. The van der Waals surface area contributed by atoms with Crippen LogP contribution in [0.5, 0.6) is 0 Å². The lowest BCUT2D eigenvalue weighted by Crippen LogP contribution is -2.31. The Kier molecular flexibility index (Phi) is 8.47. The minimum absolute atomic E-state index is 0.141. The minimum Gasteiger partial charge on any atom is -0.444 e. The van der Waals surface area contributed by atoms with Gasteiger partial charge in [-0.25, -0.2) is 13.6 Å². The highest BCUT2D eigenvalue weighted by Gasteiger charge is 2.40. The Bertz CT molecular complexity index is 1510. The molecular weight excluding hydrogens is 672 g/mol. The van der Waals surface area contributed by atoms with Crippen molar-refractivity contribution in [1.82, 2.24) is 0 Å². The van der Waals surface area contributed by atoms with E-state index < -0.39 is 58.3 Å². The molecule has 0 aliphatic rings. The maximum Gasteiger partial charge on any atom is 0.471 e. The summed E-state index contributed by atoms with van der Waals surface area (Å²) in [7, 11) is 0. The average Bonchev–Trinajstić information content (AvgIpc) is 3.15. The van der Waals surface area contributed by atoms with Gasteiger partial charge in [-0.15, -0.1) is 11.3 Å². The van der Waals surface area contributed by atoms with Gasteiger partial charge in [0.05, 0.1) is 27.6 Å². The van der Waals surface area contributed by atoms with Gasteiger partial charge < -0.3 is 15.2 Å². The maximum absolute atomic E-state index is 15.8. The van der Waals surface area contributed by atoms with Gasteiger partial charge in [0.25, 0.3) is 0 Å². The lowest BCUT2D eigenvalue weighted by atomic mass is 9.96. The van der Waals surface area contributed by atoms with Crippen LogP contribution in [0.4, 0.5) is 37.4 Å². The number of aliphatic hydroxyl groups excluding tert-OH is 1.